The number of imidazole rings is 1. The summed E-state index contributed by atoms with van der Waals surface area (Å²) in [5.74, 6) is 0.941. The monoisotopic (exact) mass is 1350 g/mol. The average molecular weight is 1360 g/mol. The highest BCUT2D eigenvalue weighted by molar-refractivity contribution is 7.66. The Kier molecular flexibility index (Phi) is 20.3. The Balaban J connectivity index is 0.813. The number of carbonyl (C=O) groups excluding carboxylic acids is 2. The number of aliphatic hydroxyl groups is 1. The maximum Gasteiger partial charge on any atom is 0.487 e. The molecule has 4 aliphatic heterocycles. The molecule has 24 nitrogen and oxygen atoms in total. The molecule has 0 saturated carbocycles. The summed E-state index contributed by atoms with van der Waals surface area (Å²) in [6.45, 7) is 19.0. The standard InChI is InChI=1S/C57H70Cl4N9O15P3/c1-10-69-37-23-40-35(21-33(37)31(3)26-56(69,5)6)45(36-22-34-32(4)27-57(7,8)70(11-2)38(34)24-41(36)82-40)46-47(49(59)51(61)50(60)48(46)58)55(73)67(9)20-16-17-43(72)62-18-14-12-13-15-19-63-53-52-54(65-29-64-53)68(30-66-52)44-25-39(71)42(83-44)28-81-87(77,78)85-88(79,80)84-86(74,75)76/h21-24,26-27,29-30,39,42,44,71H,10-20,25,28H2,1-9H3,(H5-,62,63,64,65,72,74,75,76,77,78,79,80)/t39-,42+,44+/m0/s1. The molecule has 476 valence electrons. The number of phosphoric acid groups is 3. The molecule has 1 fully saturated rings. The number of nitrogens with one attached hydrogen (secondary N) is 2. The summed E-state index contributed by atoms with van der Waals surface area (Å²) >= 11 is 28.4. The average Bonchev–Trinajstić information content (AvgIpc) is 0.891. The number of anilines is 2. The minimum absolute atomic E-state index is 0.00188. The van der Waals surface area contributed by atoms with Crippen molar-refractivity contribution in [3.8, 4) is 11.5 Å². The molecule has 6 atom stereocenters. The molecule has 6 N–H and O–H groups in total. The highest BCUT2D eigenvalue weighted by Gasteiger charge is 2.43. The van der Waals surface area contributed by atoms with Crippen molar-refractivity contribution in [1.29, 1.82) is 0 Å². The highest BCUT2D eigenvalue weighted by Crippen LogP contribution is 2.65. The second-order valence-electron chi connectivity index (χ2n) is 23.0. The quantitative estimate of drug-likeness (QED) is 0.0108. The Morgan fingerprint density at radius 3 is 2.24 bits per heavy atom. The number of hydrogen-bond acceptors (Lipinski definition) is 17. The number of ether oxygens (including phenoxy) is 2. The molecule has 9 rings (SSSR count). The van der Waals surface area contributed by atoms with Gasteiger partial charge in [-0.05, 0) is 90.2 Å². The largest absolute Gasteiger partial charge is 0.756 e. The van der Waals surface area contributed by atoms with Gasteiger partial charge in [0.2, 0.25) is 11.3 Å². The van der Waals surface area contributed by atoms with E-state index in [1.165, 1.54) is 22.1 Å². The van der Waals surface area contributed by atoms with Crippen molar-refractivity contribution in [2.45, 2.75) is 130 Å². The van der Waals surface area contributed by atoms with Crippen LogP contribution in [-0.4, -0.2) is 126 Å². The van der Waals surface area contributed by atoms with E-state index < -0.39 is 54.4 Å². The topological polar surface area (TPSA) is 313 Å². The lowest BCUT2D eigenvalue weighted by molar-refractivity contribution is -0.212. The van der Waals surface area contributed by atoms with Crippen LogP contribution < -0.4 is 40.3 Å². The van der Waals surface area contributed by atoms with Crippen LogP contribution in [-0.2, 0) is 36.4 Å². The Morgan fingerprint density at radius 2 is 1.55 bits per heavy atom. The van der Waals surface area contributed by atoms with Gasteiger partial charge in [0.05, 0.1) is 56.3 Å². The van der Waals surface area contributed by atoms with Gasteiger partial charge < -0.3 is 54.6 Å². The summed E-state index contributed by atoms with van der Waals surface area (Å²) < 4.78 is 63.2. The number of phosphoric ester groups is 1. The van der Waals surface area contributed by atoms with Crippen LogP contribution in [0.15, 0.2) is 49.1 Å². The van der Waals surface area contributed by atoms with Gasteiger partial charge in [0.15, 0.2) is 22.5 Å². The Labute approximate surface area is 528 Å². The van der Waals surface area contributed by atoms with Gasteiger partial charge >= 0.3 is 15.6 Å². The van der Waals surface area contributed by atoms with Crippen molar-refractivity contribution < 1.29 is 70.6 Å². The number of nitrogens with zero attached hydrogens (tertiary/aromatic N) is 7. The summed E-state index contributed by atoms with van der Waals surface area (Å²) in [7, 11) is -15.5. The van der Waals surface area contributed by atoms with E-state index >= 15 is 4.79 Å². The fraction of sp³-hybridized carbons (Fsp3) is 0.474. The number of aliphatic hydroxyl groups excluding tert-OH is 1. The second kappa shape index (κ2) is 26.4. The first-order chi connectivity index (χ1) is 41.3. The van der Waals surface area contributed by atoms with Gasteiger partial charge in [0.25, 0.3) is 13.7 Å². The number of unbranched alkanes of at least 4 members (excludes halogenated alkanes) is 3. The van der Waals surface area contributed by atoms with Gasteiger partial charge in [-0.3, -0.25) is 23.2 Å². The molecule has 6 heterocycles. The third-order valence-corrected chi connectivity index (χ3v) is 21.5. The van der Waals surface area contributed by atoms with E-state index in [1.807, 2.05) is 0 Å². The van der Waals surface area contributed by atoms with Gasteiger partial charge in [-0.1, -0.05) is 65.3 Å². The number of amides is 2. The fourth-order valence-corrected chi connectivity index (χ4v) is 16.1. The molecule has 0 spiro atoms. The minimum Gasteiger partial charge on any atom is -0.756 e. The molecule has 2 amide bonds. The molecular formula is C57H70Cl4N9O15P3. The van der Waals surface area contributed by atoms with Crippen molar-refractivity contribution >= 4 is 121 Å². The van der Waals surface area contributed by atoms with E-state index in [4.69, 9.17) is 60.8 Å². The predicted octanol–water partition coefficient (Wildman–Crippen LogP) is 9.52. The predicted molar refractivity (Wildman–Crippen MR) is 334 cm³/mol. The molecular weight excluding hydrogens is 1290 g/mol. The number of benzene rings is 3. The van der Waals surface area contributed by atoms with E-state index in [1.54, 1.807) is 7.05 Å². The van der Waals surface area contributed by atoms with Crippen LogP contribution in [0.25, 0.3) is 27.9 Å². The van der Waals surface area contributed by atoms with Crippen LogP contribution in [0, 0.1) is 0 Å². The van der Waals surface area contributed by atoms with Gasteiger partial charge in [0.1, 0.15) is 36.7 Å². The summed E-state index contributed by atoms with van der Waals surface area (Å²) in [6, 6.07) is 8.35. The lowest BCUT2D eigenvalue weighted by Crippen LogP contribution is -2.49. The lowest BCUT2D eigenvalue weighted by atomic mass is 9.83. The molecule has 5 aromatic rings. The SMILES string of the molecule is CCN1c2cc3c(cc2C(C)=CC1(C)C)C(c1c(Cl)c(Cl)c(Cl)c(Cl)c1C(=O)N(C)CCCC(=O)NCCCCCCNc1ncnc2c1ncn2[C@H]1C[C@H](O)[C@@H](COP(=O)(O)OP(=O)(O)OP(=O)([O-])O)O1)=c1cc2c(cc1O3)=[N+](CC)C(C)(C)C=C2C. The zero-order chi connectivity index (χ0) is 64.2. The van der Waals surface area contributed by atoms with Gasteiger partial charge in [0, 0.05) is 105 Å². The molecule has 0 aliphatic carbocycles. The molecule has 3 unspecified atom stereocenters. The maximum absolute atomic E-state index is 15.1. The molecule has 31 heteroatoms. The van der Waals surface area contributed by atoms with Crippen LogP contribution in [0.1, 0.15) is 139 Å². The number of rotatable bonds is 24. The molecule has 3 aromatic carbocycles. The number of fused-ring (bicyclic) bond motifs is 5. The maximum atomic E-state index is 15.1. The summed E-state index contributed by atoms with van der Waals surface area (Å²) in [5, 5.41) is 18.5. The number of hydrogen-bond donors (Lipinski definition) is 6. The van der Waals surface area contributed by atoms with Crippen molar-refractivity contribution in [2.75, 3.05) is 56.6 Å². The molecule has 4 aliphatic rings. The lowest BCUT2D eigenvalue weighted by Gasteiger charge is -2.43. The van der Waals surface area contributed by atoms with E-state index in [9.17, 15) is 38.3 Å². The summed E-state index contributed by atoms with van der Waals surface area (Å²) in [5.41, 5.74) is 7.01. The Morgan fingerprint density at radius 1 is 0.852 bits per heavy atom. The van der Waals surface area contributed by atoms with Gasteiger partial charge in [-0.15, -0.1) is 0 Å². The zero-order valence-electron chi connectivity index (χ0n) is 49.8. The smallest absolute Gasteiger partial charge is 0.487 e. The normalized spacial score (nSPS) is 20.3. The number of aromatic nitrogens is 4. The minimum atomic E-state index is -5.83. The molecule has 2 aromatic heterocycles. The number of allylic oxidation sites excluding steroid dienone is 2. The first-order valence-corrected chi connectivity index (χ1v) is 34.5. The number of carbonyl (C=O) groups is 2. The zero-order valence-corrected chi connectivity index (χ0v) is 55.5. The fourth-order valence-electron chi connectivity index (χ4n) is 12.1. The van der Waals surface area contributed by atoms with Crippen LogP contribution >= 0.6 is 69.9 Å². The first kappa shape index (κ1) is 67.6. The Hall–Kier alpha value is -4.81. The van der Waals surface area contributed by atoms with Crippen LogP contribution in [0.2, 0.25) is 20.1 Å². The van der Waals surface area contributed by atoms with Crippen molar-refractivity contribution in [3.05, 3.63) is 108 Å². The van der Waals surface area contributed by atoms with Gasteiger partial charge in [-0.25, -0.2) is 33.0 Å². The van der Waals surface area contributed by atoms with Crippen LogP contribution in [0.3, 0.4) is 0 Å². The number of halogens is 4. The van der Waals surface area contributed by atoms with Gasteiger partial charge in [-0.2, -0.15) is 4.31 Å². The van der Waals surface area contributed by atoms with Crippen molar-refractivity contribution in [2.24, 2.45) is 0 Å². The second-order valence-corrected chi connectivity index (χ2v) is 28.9. The third-order valence-electron chi connectivity index (χ3n) is 15.9. The third kappa shape index (κ3) is 14.3. The summed E-state index contributed by atoms with van der Waals surface area (Å²) in [4.78, 5) is 83.7. The van der Waals surface area contributed by atoms with Crippen molar-refractivity contribution in [1.82, 2.24) is 34.3 Å². The highest BCUT2D eigenvalue weighted by atomic mass is 35.5. The first-order valence-electron chi connectivity index (χ1n) is 28.5. The van der Waals surface area contributed by atoms with Crippen LogP contribution in [0.5, 0.6) is 11.5 Å². The van der Waals surface area contributed by atoms with E-state index in [0.717, 1.165) is 72.1 Å². The van der Waals surface area contributed by atoms with Crippen molar-refractivity contribution in [3.63, 3.8) is 0 Å². The Bertz CT molecular complexity index is 3970. The molecule has 0 radical (unpaired) electrons. The molecule has 88 heavy (non-hydrogen) atoms. The van der Waals surface area contributed by atoms with E-state index in [2.05, 4.69) is 140 Å². The molecule has 1 saturated heterocycles. The van der Waals surface area contributed by atoms with E-state index in [0.29, 0.717) is 69.9 Å². The number of likely N-dealkylation sites (N-methyl/N-ethyl adjacent to an activating group) is 2. The summed E-state index contributed by atoms with van der Waals surface area (Å²) in [6.07, 6.45) is 7.32. The van der Waals surface area contributed by atoms with Crippen LogP contribution in [0.4, 0.5) is 11.5 Å². The molecule has 0 bridgehead atoms. The van der Waals surface area contributed by atoms with E-state index in [-0.39, 0.29) is 62.0 Å².